The van der Waals surface area contributed by atoms with Gasteiger partial charge < -0.3 is 15.8 Å². The maximum absolute atomic E-state index is 11.9. The molecule has 1 amide bonds. The summed E-state index contributed by atoms with van der Waals surface area (Å²) in [6, 6.07) is 0.229. The molecule has 5 heteroatoms. The zero-order chi connectivity index (χ0) is 12.8. The number of nitrogens with one attached hydrogen (secondary N) is 1. The van der Waals surface area contributed by atoms with Crippen LogP contribution in [0.2, 0.25) is 0 Å². The summed E-state index contributed by atoms with van der Waals surface area (Å²) < 4.78 is 5.44. The third-order valence-electron chi connectivity index (χ3n) is 3.08. The molecule has 1 unspecified atom stereocenters. The molecule has 17 heavy (non-hydrogen) atoms. The van der Waals surface area contributed by atoms with Gasteiger partial charge >= 0.3 is 0 Å². The molecule has 4 nitrogen and oxygen atoms in total. The summed E-state index contributed by atoms with van der Waals surface area (Å²) >= 11 is 4.92. The molecule has 1 aliphatic carbocycles. The minimum Gasteiger partial charge on any atom is -0.393 e. The molecule has 0 aromatic rings. The second-order valence-corrected chi connectivity index (χ2v) is 4.97. The summed E-state index contributed by atoms with van der Waals surface area (Å²) in [5, 5.41) is 2.98. The molecule has 1 rings (SSSR count). The van der Waals surface area contributed by atoms with Crippen molar-refractivity contribution in [2.75, 3.05) is 6.61 Å². The van der Waals surface area contributed by atoms with E-state index in [0.717, 1.165) is 32.3 Å². The van der Waals surface area contributed by atoms with Crippen LogP contribution in [0.25, 0.3) is 0 Å². The Morgan fingerprint density at radius 2 is 2.18 bits per heavy atom. The molecular formula is C12H22N2O2S. The lowest BCUT2D eigenvalue weighted by Gasteiger charge is -2.36. The lowest BCUT2D eigenvalue weighted by atomic mass is 9.88. The monoisotopic (exact) mass is 258 g/mol. The molecular weight excluding hydrogens is 236 g/mol. The Morgan fingerprint density at radius 1 is 1.53 bits per heavy atom. The van der Waals surface area contributed by atoms with Gasteiger partial charge in [0, 0.05) is 12.6 Å². The van der Waals surface area contributed by atoms with Crippen molar-refractivity contribution in [3.05, 3.63) is 0 Å². The molecule has 0 bridgehead atoms. The van der Waals surface area contributed by atoms with Crippen molar-refractivity contribution < 1.29 is 9.53 Å². The van der Waals surface area contributed by atoms with Gasteiger partial charge in [0.2, 0.25) is 5.91 Å². The van der Waals surface area contributed by atoms with Crippen molar-refractivity contribution in [1.82, 2.24) is 5.32 Å². The number of rotatable bonds is 7. The summed E-state index contributed by atoms with van der Waals surface area (Å²) in [6.07, 6.45) is 3.73. The van der Waals surface area contributed by atoms with Crippen molar-refractivity contribution in [3.8, 4) is 0 Å². The molecule has 0 aliphatic heterocycles. The van der Waals surface area contributed by atoms with Crippen LogP contribution in [0.15, 0.2) is 0 Å². The number of hydrogen-bond acceptors (Lipinski definition) is 3. The van der Waals surface area contributed by atoms with Gasteiger partial charge in [0.15, 0.2) is 0 Å². The fourth-order valence-corrected chi connectivity index (χ4v) is 2.27. The van der Waals surface area contributed by atoms with E-state index in [9.17, 15) is 4.79 Å². The van der Waals surface area contributed by atoms with Crippen LogP contribution in [0.5, 0.6) is 0 Å². The molecule has 3 N–H and O–H groups in total. The van der Waals surface area contributed by atoms with E-state index < -0.39 is 0 Å². The average Bonchev–Trinajstić information content (AvgIpc) is 2.22. The van der Waals surface area contributed by atoms with Crippen LogP contribution in [-0.2, 0) is 9.53 Å². The third kappa shape index (κ3) is 4.24. The normalized spacial score (nSPS) is 24.8. The quantitative estimate of drug-likeness (QED) is 0.677. The highest BCUT2D eigenvalue weighted by Gasteiger charge is 2.32. The molecule has 1 saturated carbocycles. The number of carbonyl (C=O) groups excluding carboxylic acids is 1. The molecule has 0 heterocycles. The number of thiocarbonyl (C=S) groups is 1. The van der Waals surface area contributed by atoms with Gasteiger partial charge in [-0.15, -0.1) is 0 Å². The van der Waals surface area contributed by atoms with Gasteiger partial charge in [-0.1, -0.05) is 25.6 Å². The second kappa shape index (κ2) is 6.91. The molecule has 98 valence electrons. The first kappa shape index (κ1) is 14.4. The van der Waals surface area contributed by atoms with E-state index in [1.807, 2.05) is 13.8 Å². The van der Waals surface area contributed by atoms with Crippen LogP contribution < -0.4 is 11.1 Å². The maximum Gasteiger partial charge on any atom is 0.230 e. The first-order valence-corrected chi connectivity index (χ1v) is 6.70. The van der Waals surface area contributed by atoms with E-state index in [-0.39, 0.29) is 17.9 Å². The molecule has 1 atom stereocenters. The van der Waals surface area contributed by atoms with E-state index >= 15 is 0 Å². The lowest BCUT2D eigenvalue weighted by Crippen LogP contribution is -2.51. The summed E-state index contributed by atoms with van der Waals surface area (Å²) in [5.41, 5.74) is 5.58. The Bertz CT molecular complexity index is 278. The summed E-state index contributed by atoms with van der Waals surface area (Å²) in [6.45, 7) is 4.74. The van der Waals surface area contributed by atoms with E-state index in [1.165, 1.54) is 0 Å². The number of carbonyl (C=O) groups is 1. The van der Waals surface area contributed by atoms with Crippen LogP contribution in [0.4, 0.5) is 0 Å². The van der Waals surface area contributed by atoms with Gasteiger partial charge in [-0.3, -0.25) is 4.79 Å². The molecule has 1 fully saturated rings. The number of amides is 1. The summed E-state index contributed by atoms with van der Waals surface area (Å²) in [7, 11) is 0. The molecule has 0 saturated heterocycles. The predicted molar refractivity (Wildman–Crippen MR) is 71.8 cm³/mol. The van der Waals surface area contributed by atoms with E-state index in [0.29, 0.717) is 11.1 Å². The molecule has 0 aromatic carbocycles. The lowest BCUT2D eigenvalue weighted by molar-refractivity contribution is -0.125. The van der Waals surface area contributed by atoms with Gasteiger partial charge in [0.1, 0.15) is 0 Å². The summed E-state index contributed by atoms with van der Waals surface area (Å²) in [4.78, 5) is 12.2. The van der Waals surface area contributed by atoms with Gasteiger partial charge in [-0.25, -0.2) is 0 Å². The van der Waals surface area contributed by atoms with Crippen molar-refractivity contribution in [3.63, 3.8) is 0 Å². The zero-order valence-corrected chi connectivity index (χ0v) is 11.4. The Kier molecular flexibility index (Phi) is 5.85. The molecule has 1 aliphatic rings. The topological polar surface area (TPSA) is 64.3 Å². The highest BCUT2D eigenvalue weighted by atomic mass is 32.1. The van der Waals surface area contributed by atoms with E-state index in [2.05, 4.69) is 5.32 Å². The average molecular weight is 258 g/mol. The maximum atomic E-state index is 11.9. The minimum atomic E-state index is -0.318. The Labute approximate surface area is 108 Å². The van der Waals surface area contributed by atoms with Crippen molar-refractivity contribution >= 4 is 23.1 Å². The molecule has 0 radical (unpaired) electrons. The van der Waals surface area contributed by atoms with E-state index in [1.54, 1.807) is 0 Å². The van der Waals surface area contributed by atoms with Gasteiger partial charge in [-0.05, 0) is 26.2 Å². The fraction of sp³-hybridized carbons (Fsp3) is 0.833. The highest BCUT2D eigenvalue weighted by molar-refractivity contribution is 7.80. The fourth-order valence-electron chi connectivity index (χ4n) is 2.05. The van der Waals surface area contributed by atoms with E-state index in [4.69, 9.17) is 22.7 Å². The molecule has 0 spiro atoms. The standard InChI is InChI=1S/C12H22N2O2S/c1-3-5-10(11(13)17)12(15)14-8-6-9(7-8)16-4-2/h8-10H,3-7H2,1-2H3,(H2,13,17)(H,14,15). The number of ether oxygens (including phenoxy) is 1. The summed E-state index contributed by atoms with van der Waals surface area (Å²) in [5.74, 6) is -0.347. The zero-order valence-electron chi connectivity index (χ0n) is 10.6. The first-order chi connectivity index (χ1) is 8.08. The van der Waals surface area contributed by atoms with Crippen molar-refractivity contribution in [1.29, 1.82) is 0 Å². The highest BCUT2D eigenvalue weighted by Crippen LogP contribution is 2.23. The van der Waals surface area contributed by atoms with Crippen molar-refractivity contribution in [2.45, 2.75) is 51.7 Å². The smallest absolute Gasteiger partial charge is 0.230 e. The van der Waals surface area contributed by atoms with Crippen LogP contribution in [0.1, 0.15) is 39.5 Å². The Hall–Kier alpha value is -0.680. The second-order valence-electron chi connectivity index (χ2n) is 4.50. The van der Waals surface area contributed by atoms with Crippen LogP contribution in [-0.4, -0.2) is 29.6 Å². The van der Waals surface area contributed by atoms with Crippen LogP contribution in [0, 0.1) is 5.92 Å². The number of hydrogen-bond donors (Lipinski definition) is 2. The van der Waals surface area contributed by atoms with Crippen molar-refractivity contribution in [2.24, 2.45) is 11.7 Å². The van der Waals surface area contributed by atoms with Gasteiger partial charge in [0.25, 0.3) is 0 Å². The van der Waals surface area contributed by atoms with Gasteiger partial charge in [0.05, 0.1) is 17.0 Å². The third-order valence-corrected chi connectivity index (χ3v) is 3.37. The predicted octanol–water partition coefficient (Wildman–Crippen LogP) is 1.37. The number of nitrogens with two attached hydrogens (primary N) is 1. The largest absolute Gasteiger partial charge is 0.393 e. The Balaban J connectivity index is 2.31. The van der Waals surface area contributed by atoms with Crippen LogP contribution in [0.3, 0.4) is 0 Å². The first-order valence-electron chi connectivity index (χ1n) is 6.29. The Morgan fingerprint density at radius 3 is 2.65 bits per heavy atom. The molecule has 0 aromatic heterocycles. The van der Waals surface area contributed by atoms with Gasteiger partial charge in [-0.2, -0.15) is 0 Å². The SMILES string of the molecule is CCCC(C(=O)NC1CC(OCC)C1)C(N)=S. The van der Waals surface area contributed by atoms with Crippen LogP contribution >= 0.6 is 12.2 Å². The minimum absolute atomic E-state index is 0.0284.